The van der Waals surface area contributed by atoms with Crippen molar-refractivity contribution in [2.24, 2.45) is 0 Å². The number of aryl methyl sites for hydroxylation is 8. The Bertz CT molecular complexity index is 3930. The van der Waals surface area contributed by atoms with Gasteiger partial charge in [-0.3, -0.25) is 0 Å². The number of benzene rings is 6. The number of hydrogen-bond acceptors (Lipinski definition) is 13. The lowest BCUT2D eigenvalue weighted by Crippen LogP contribution is -2.07. The minimum absolute atomic E-state index is 0.256. The normalized spacial score (nSPS) is 11.9. The number of fused-ring (bicyclic) bond motifs is 6. The van der Waals surface area contributed by atoms with Crippen molar-refractivity contribution in [2.75, 3.05) is 0 Å². The molecule has 370 valence electrons. The minimum Gasteiger partial charge on any atom is -0.308 e. The molecule has 0 radical (unpaired) electrons. The molecule has 15 nitrogen and oxygen atoms in total. The molecule has 0 saturated heterocycles. The average molecular weight is 1010 g/mol. The second-order valence-electron chi connectivity index (χ2n) is 18.7. The predicted molar refractivity (Wildman–Crippen MR) is 283 cm³/mol. The summed E-state index contributed by atoms with van der Waals surface area (Å²) in [6, 6.07) is 34.6. The van der Waals surface area contributed by atoms with Crippen LogP contribution >= 0.6 is 0 Å². The lowest BCUT2D eigenvalue weighted by atomic mass is 9.96. The quantitative estimate of drug-likeness (QED) is 0.147. The van der Waals surface area contributed by atoms with Crippen LogP contribution in [0.3, 0.4) is 0 Å². The van der Waals surface area contributed by atoms with Crippen LogP contribution in [0.25, 0.3) is 112 Å². The molecule has 0 aliphatic rings. The predicted octanol–water partition coefficient (Wildman–Crippen LogP) is 12.3. The van der Waals surface area contributed by atoms with Gasteiger partial charge in [-0.25, -0.2) is 59.8 Å². The summed E-state index contributed by atoms with van der Waals surface area (Å²) in [7, 11) is 0. The monoisotopic (exact) mass is 1010 g/mol. The van der Waals surface area contributed by atoms with Crippen molar-refractivity contribution in [1.82, 2.24) is 68.9 Å². The Morgan fingerprint density at radius 3 is 0.947 bits per heavy atom. The molecule has 0 saturated carbocycles. The van der Waals surface area contributed by atoms with Crippen molar-refractivity contribution in [3.8, 4) is 74.1 Å². The first-order chi connectivity index (χ1) is 36.5. The topological polar surface area (TPSA) is 188 Å². The molecule has 18 heteroatoms. The Labute approximate surface area is 432 Å². The third-order valence-electron chi connectivity index (χ3n) is 13.2. The van der Waals surface area contributed by atoms with E-state index in [2.05, 4.69) is 65.9 Å². The van der Waals surface area contributed by atoms with Crippen LogP contribution in [0.5, 0.6) is 0 Å². The molecule has 0 aliphatic carbocycles. The van der Waals surface area contributed by atoms with E-state index in [1.807, 2.05) is 137 Å². The average Bonchev–Trinajstić information content (AvgIpc) is 3.95. The molecule has 0 unspecified atom stereocenters. The van der Waals surface area contributed by atoms with Crippen LogP contribution in [0, 0.1) is 66.7 Å². The summed E-state index contributed by atoms with van der Waals surface area (Å²) in [6.07, 6.45) is -4.68. The first kappa shape index (κ1) is 47.3. The molecule has 6 aromatic heterocycles. The number of halogens is 3. The number of aromatic nitrogens is 14. The largest absolute Gasteiger partial charge is 0.416 e. The third kappa shape index (κ3) is 8.27. The van der Waals surface area contributed by atoms with Gasteiger partial charge in [0.05, 0.1) is 50.6 Å². The number of nitriles is 1. The Morgan fingerprint density at radius 2 is 0.671 bits per heavy atom. The van der Waals surface area contributed by atoms with Crippen LogP contribution in [0.2, 0.25) is 0 Å². The van der Waals surface area contributed by atoms with Crippen LogP contribution in [0.4, 0.5) is 13.2 Å². The molecule has 12 aromatic rings. The maximum absolute atomic E-state index is 15.0. The highest BCUT2D eigenvalue weighted by atomic mass is 19.4. The van der Waals surface area contributed by atoms with E-state index in [-0.39, 0.29) is 11.1 Å². The molecule has 0 N–H and O–H groups in total. The molecule has 0 bridgehead atoms. The van der Waals surface area contributed by atoms with Crippen LogP contribution in [-0.2, 0) is 6.18 Å². The van der Waals surface area contributed by atoms with Gasteiger partial charge in [0.1, 0.15) is 46.6 Å². The van der Waals surface area contributed by atoms with Crippen LogP contribution < -0.4 is 0 Å². The highest BCUT2D eigenvalue weighted by Gasteiger charge is 2.32. The van der Waals surface area contributed by atoms with Crippen molar-refractivity contribution < 1.29 is 13.2 Å². The highest BCUT2D eigenvalue weighted by molar-refractivity contribution is 6.14. The lowest BCUT2D eigenvalue weighted by Gasteiger charge is -2.21. The van der Waals surface area contributed by atoms with E-state index < -0.39 is 11.7 Å². The van der Waals surface area contributed by atoms with E-state index >= 15 is 0 Å². The summed E-state index contributed by atoms with van der Waals surface area (Å²) in [5, 5.41) is 14.2. The fourth-order valence-electron chi connectivity index (χ4n) is 10.3. The number of alkyl halides is 3. The van der Waals surface area contributed by atoms with Gasteiger partial charge >= 0.3 is 6.18 Å². The lowest BCUT2D eigenvalue weighted by molar-refractivity contribution is -0.137. The van der Waals surface area contributed by atoms with E-state index in [1.54, 1.807) is 18.2 Å². The van der Waals surface area contributed by atoms with E-state index in [0.717, 1.165) is 55.9 Å². The molecule has 0 amide bonds. The molecule has 0 aliphatic heterocycles. The van der Waals surface area contributed by atoms with Crippen molar-refractivity contribution >= 4 is 43.6 Å². The molecule has 0 atom stereocenters. The summed E-state index contributed by atoms with van der Waals surface area (Å²) < 4.78 is 49.0. The zero-order valence-corrected chi connectivity index (χ0v) is 42.2. The summed E-state index contributed by atoms with van der Waals surface area (Å²) in [6.45, 7) is 14.5. The van der Waals surface area contributed by atoms with Crippen LogP contribution in [-0.4, -0.2) is 68.9 Å². The number of nitrogens with zero attached hydrogens (tertiary/aromatic N) is 15. The van der Waals surface area contributed by atoms with Gasteiger partial charge in [0, 0.05) is 49.4 Å². The summed E-state index contributed by atoms with van der Waals surface area (Å²) in [4.78, 5) is 55.1. The van der Waals surface area contributed by atoms with Gasteiger partial charge < -0.3 is 9.13 Å². The maximum Gasteiger partial charge on any atom is 0.416 e. The summed E-state index contributed by atoms with van der Waals surface area (Å²) >= 11 is 0. The molecule has 6 aromatic carbocycles. The second-order valence-corrected chi connectivity index (χ2v) is 18.7. The fourth-order valence-corrected chi connectivity index (χ4v) is 10.3. The smallest absolute Gasteiger partial charge is 0.308 e. The Kier molecular flexibility index (Phi) is 11.0. The fraction of sp³-hybridized carbons (Fsp3) is 0.155. The van der Waals surface area contributed by atoms with Gasteiger partial charge in [-0.15, -0.1) is 0 Å². The van der Waals surface area contributed by atoms with Crippen LogP contribution in [0.15, 0.2) is 109 Å². The van der Waals surface area contributed by atoms with Gasteiger partial charge in [0.2, 0.25) is 0 Å². The molecular formula is C58H42F3N15. The zero-order valence-electron chi connectivity index (χ0n) is 42.2. The minimum atomic E-state index is -4.68. The van der Waals surface area contributed by atoms with Crippen molar-refractivity contribution in [1.29, 1.82) is 5.26 Å². The van der Waals surface area contributed by atoms with E-state index in [4.69, 9.17) is 0 Å². The van der Waals surface area contributed by atoms with Crippen molar-refractivity contribution in [3.05, 3.63) is 167 Å². The Hall–Kier alpha value is -9.76. The zero-order chi connectivity index (χ0) is 52.9. The van der Waals surface area contributed by atoms with Gasteiger partial charge in [-0.1, -0.05) is 12.1 Å². The van der Waals surface area contributed by atoms with Gasteiger partial charge in [0.25, 0.3) is 0 Å². The molecule has 0 spiro atoms. The van der Waals surface area contributed by atoms with Crippen molar-refractivity contribution in [2.45, 2.75) is 61.6 Å². The van der Waals surface area contributed by atoms with Gasteiger partial charge in [-0.2, -0.15) is 18.4 Å². The maximum atomic E-state index is 15.0. The summed E-state index contributed by atoms with van der Waals surface area (Å²) in [5.74, 6) is 6.38. The van der Waals surface area contributed by atoms with Crippen LogP contribution in [0.1, 0.15) is 57.7 Å². The number of rotatable bonds is 7. The van der Waals surface area contributed by atoms with Gasteiger partial charge in [-0.05, 0) is 158 Å². The van der Waals surface area contributed by atoms with Gasteiger partial charge in [0.15, 0.2) is 23.3 Å². The van der Waals surface area contributed by atoms with E-state index in [9.17, 15) is 18.4 Å². The SMILES string of the molecule is Cc1nc(C)nc(-c2ccc3c(c2)c2cc(-c4nc(C)nc(C)n4)ccc2n3-c2cc(C#N)cc(-n3c4ccc(-c5nc(C)nc(C)n5)cc4c4cc(-c5nc(C)nc(C)n5)ccc43)c2-c2cccc(C(F)(F)F)c2)n1. The molecule has 12 rings (SSSR count). The van der Waals surface area contributed by atoms with Crippen molar-refractivity contribution in [3.63, 3.8) is 0 Å². The molecule has 0 fully saturated rings. The van der Waals surface area contributed by atoms with E-state index in [1.165, 1.54) is 6.07 Å². The standard InChI is InChI=1S/C58H42F3N15/c1-28-63-29(2)68-54(67-28)38-12-16-47-43(23-38)44-24-39(55-69-30(3)64-31(4)70-55)13-17-48(44)75(47)51-20-36(27-62)21-52(53(51)37-10-9-11-42(22-37)58(59,60)61)76-49-18-14-40(56-71-32(5)65-33(6)72-56)25-45(49)46-26-41(15-19-50(46)76)57-73-34(7)66-35(8)74-57/h9-26H,1-8H3. The Morgan fingerprint density at radius 1 is 0.368 bits per heavy atom. The molecular weight excluding hydrogens is 964 g/mol. The first-order valence-corrected chi connectivity index (χ1v) is 24.2. The third-order valence-corrected chi connectivity index (χ3v) is 13.2. The molecule has 6 heterocycles. The number of hydrogen-bond donors (Lipinski definition) is 0. The Balaban J connectivity index is 1.21. The molecule has 76 heavy (non-hydrogen) atoms. The van der Waals surface area contributed by atoms with E-state index in [0.29, 0.717) is 109 Å². The summed E-state index contributed by atoms with van der Waals surface area (Å²) in [5.41, 5.74) is 6.64. The second kappa shape index (κ2) is 17.7. The first-order valence-electron chi connectivity index (χ1n) is 24.2. The highest BCUT2D eigenvalue weighted by Crippen LogP contribution is 2.46.